The van der Waals surface area contributed by atoms with Crippen LogP contribution in [0.5, 0.6) is 0 Å². The Kier molecular flexibility index (Phi) is 7.17. The van der Waals surface area contributed by atoms with Gasteiger partial charge in [-0.15, -0.1) is 10.2 Å². The predicted molar refractivity (Wildman–Crippen MR) is 156 cm³/mol. The van der Waals surface area contributed by atoms with E-state index in [2.05, 4.69) is 25.9 Å². The number of benzene rings is 3. The van der Waals surface area contributed by atoms with Gasteiger partial charge in [-0.1, -0.05) is 48.5 Å². The summed E-state index contributed by atoms with van der Waals surface area (Å²) in [4.78, 5) is 27.6. The molecule has 0 aliphatic rings. The van der Waals surface area contributed by atoms with E-state index in [4.69, 9.17) is 0 Å². The lowest BCUT2D eigenvalue weighted by Crippen LogP contribution is -2.17. The third-order valence-corrected chi connectivity index (χ3v) is 6.84. The summed E-state index contributed by atoms with van der Waals surface area (Å²) in [6.07, 6.45) is 3.31. The Bertz CT molecular complexity index is 1930. The zero-order chi connectivity index (χ0) is 29.1. The molecule has 0 aliphatic carbocycles. The molecule has 3 aromatic heterocycles. The highest BCUT2D eigenvalue weighted by Crippen LogP contribution is 2.24. The average molecular weight is 558 g/mol. The Labute approximate surface area is 239 Å². The van der Waals surface area contributed by atoms with Crippen LogP contribution in [-0.2, 0) is 6.54 Å². The van der Waals surface area contributed by atoms with Crippen LogP contribution in [0.3, 0.4) is 0 Å². The summed E-state index contributed by atoms with van der Waals surface area (Å²) < 4.78 is 15.2. The quantitative estimate of drug-likeness (QED) is 0.160. The Hall–Kier alpha value is -5.77. The lowest BCUT2D eigenvalue weighted by Gasteiger charge is -2.04. The fourth-order valence-corrected chi connectivity index (χ4v) is 4.70. The van der Waals surface area contributed by atoms with Crippen molar-refractivity contribution in [1.29, 1.82) is 0 Å². The largest absolute Gasteiger partial charge is 0.313 e. The van der Waals surface area contributed by atoms with Crippen molar-refractivity contribution in [1.82, 2.24) is 30.0 Å². The SMILES string of the molecule is Cc1c(C=NNC(=O)c2ccc(Cn3nnc(-c4ccccc4)n3)cc2)c2ccccn2c1C(=O)c1ccc(F)cc1. The van der Waals surface area contributed by atoms with E-state index in [1.54, 1.807) is 22.7 Å². The molecule has 206 valence electrons. The Morgan fingerprint density at radius 3 is 2.38 bits per heavy atom. The summed E-state index contributed by atoms with van der Waals surface area (Å²) >= 11 is 0. The molecule has 0 radical (unpaired) electrons. The number of carbonyl (C=O) groups excluding carboxylic acids is 2. The number of hydrogen-bond donors (Lipinski definition) is 1. The van der Waals surface area contributed by atoms with Crippen molar-refractivity contribution in [3.8, 4) is 11.4 Å². The average Bonchev–Trinajstić information content (AvgIpc) is 3.60. The van der Waals surface area contributed by atoms with Gasteiger partial charge in [-0.3, -0.25) is 9.59 Å². The summed E-state index contributed by atoms with van der Waals surface area (Å²) in [5, 5.41) is 16.8. The Morgan fingerprint density at radius 1 is 0.905 bits per heavy atom. The fourth-order valence-electron chi connectivity index (χ4n) is 4.70. The van der Waals surface area contributed by atoms with Crippen LogP contribution in [0.15, 0.2) is 108 Å². The number of pyridine rings is 1. The molecule has 10 heteroatoms. The number of nitrogens with zero attached hydrogens (tertiary/aromatic N) is 6. The topological polar surface area (TPSA) is 107 Å². The molecule has 0 saturated heterocycles. The molecule has 0 spiro atoms. The number of nitrogens with one attached hydrogen (secondary N) is 1. The van der Waals surface area contributed by atoms with Crippen molar-refractivity contribution in [3.05, 3.63) is 143 Å². The molecule has 0 aliphatic heterocycles. The van der Waals surface area contributed by atoms with Crippen molar-refractivity contribution >= 4 is 23.4 Å². The molecule has 0 saturated carbocycles. The van der Waals surface area contributed by atoms with Crippen LogP contribution in [0, 0.1) is 12.7 Å². The van der Waals surface area contributed by atoms with Crippen LogP contribution in [0.1, 0.15) is 43.1 Å². The van der Waals surface area contributed by atoms with Crippen molar-refractivity contribution in [2.75, 3.05) is 0 Å². The number of hydrogen-bond acceptors (Lipinski definition) is 6. The number of fused-ring (bicyclic) bond motifs is 1. The van der Waals surface area contributed by atoms with Gasteiger partial charge in [0.2, 0.25) is 11.6 Å². The van der Waals surface area contributed by atoms with Crippen LogP contribution < -0.4 is 5.43 Å². The van der Waals surface area contributed by atoms with E-state index in [9.17, 15) is 14.0 Å². The summed E-state index contributed by atoms with van der Waals surface area (Å²) in [5.74, 6) is -0.490. The summed E-state index contributed by atoms with van der Waals surface area (Å²) in [5.41, 5.74) is 7.72. The van der Waals surface area contributed by atoms with Crippen LogP contribution in [0.4, 0.5) is 4.39 Å². The van der Waals surface area contributed by atoms with Crippen molar-refractivity contribution in [2.24, 2.45) is 5.10 Å². The molecular weight excluding hydrogens is 533 g/mol. The maximum absolute atomic E-state index is 13.4. The highest BCUT2D eigenvalue weighted by atomic mass is 19.1. The normalized spacial score (nSPS) is 11.3. The second kappa shape index (κ2) is 11.4. The van der Waals surface area contributed by atoms with Crippen molar-refractivity contribution < 1.29 is 14.0 Å². The minimum absolute atomic E-state index is 0.241. The van der Waals surface area contributed by atoms with E-state index >= 15 is 0 Å². The third kappa shape index (κ3) is 5.33. The monoisotopic (exact) mass is 557 g/mol. The molecule has 9 nitrogen and oxygen atoms in total. The third-order valence-electron chi connectivity index (χ3n) is 6.84. The molecule has 3 heterocycles. The van der Waals surface area contributed by atoms with E-state index < -0.39 is 5.82 Å². The summed E-state index contributed by atoms with van der Waals surface area (Å²) in [6.45, 7) is 2.22. The minimum atomic E-state index is -0.411. The zero-order valence-corrected chi connectivity index (χ0v) is 22.5. The molecule has 1 amide bonds. The number of carbonyl (C=O) groups is 2. The van der Waals surface area contributed by atoms with Gasteiger partial charge < -0.3 is 4.40 Å². The summed E-state index contributed by atoms with van der Waals surface area (Å²) in [7, 11) is 0. The van der Waals surface area contributed by atoms with Gasteiger partial charge in [0, 0.05) is 28.5 Å². The highest BCUT2D eigenvalue weighted by molar-refractivity contribution is 6.12. The predicted octanol–water partition coefficient (Wildman–Crippen LogP) is 5.08. The molecule has 3 aromatic carbocycles. The van der Waals surface area contributed by atoms with Crippen LogP contribution >= 0.6 is 0 Å². The lowest BCUT2D eigenvalue weighted by molar-refractivity contribution is 0.0954. The van der Waals surface area contributed by atoms with E-state index in [0.29, 0.717) is 40.3 Å². The molecule has 6 rings (SSSR count). The lowest BCUT2D eigenvalue weighted by atomic mass is 10.0. The molecule has 42 heavy (non-hydrogen) atoms. The van der Waals surface area contributed by atoms with Gasteiger partial charge >= 0.3 is 0 Å². The van der Waals surface area contributed by atoms with Crippen molar-refractivity contribution in [2.45, 2.75) is 13.5 Å². The van der Waals surface area contributed by atoms with Crippen LogP contribution in [0.25, 0.3) is 16.9 Å². The van der Waals surface area contributed by atoms with Crippen LogP contribution in [0.2, 0.25) is 0 Å². The van der Waals surface area contributed by atoms with Gasteiger partial charge in [0.1, 0.15) is 5.82 Å². The minimum Gasteiger partial charge on any atom is -0.313 e. The second-order valence-electron chi connectivity index (χ2n) is 9.58. The first-order valence-electron chi connectivity index (χ1n) is 13.1. The smallest absolute Gasteiger partial charge is 0.271 e. The first-order valence-corrected chi connectivity index (χ1v) is 13.1. The summed E-state index contributed by atoms with van der Waals surface area (Å²) in [6, 6.07) is 27.6. The van der Waals surface area contributed by atoms with Gasteiger partial charge in [0.25, 0.3) is 5.91 Å². The first kappa shape index (κ1) is 26.5. The number of tetrazole rings is 1. The van der Waals surface area contributed by atoms with E-state index in [-0.39, 0.29) is 11.7 Å². The molecule has 0 fully saturated rings. The molecule has 0 unspecified atom stereocenters. The highest BCUT2D eigenvalue weighted by Gasteiger charge is 2.21. The van der Waals surface area contributed by atoms with Gasteiger partial charge in [-0.2, -0.15) is 9.90 Å². The Morgan fingerprint density at radius 2 is 1.62 bits per heavy atom. The molecular formula is C32H24FN7O2. The molecule has 0 bridgehead atoms. The van der Waals surface area contributed by atoms with Gasteiger partial charge in [0.05, 0.1) is 24.0 Å². The zero-order valence-electron chi connectivity index (χ0n) is 22.5. The first-order chi connectivity index (χ1) is 20.5. The number of amides is 1. The number of rotatable bonds is 8. The number of hydrazone groups is 1. The maximum Gasteiger partial charge on any atom is 0.271 e. The van der Waals surface area contributed by atoms with E-state index in [1.165, 1.54) is 35.3 Å². The fraction of sp³-hybridized carbons (Fsp3) is 0.0625. The standard InChI is InChI=1S/C32H24FN7O2/c1-21-27(28-9-5-6-18-39(28)29(21)30(41)23-14-16-26(33)17-15-23)19-34-36-32(42)25-12-10-22(11-13-25)20-40-37-31(35-38-40)24-7-3-2-4-8-24/h2-19H,20H2,1H3,(H,36,42). The number of ketones is 1. The van der Waals surface area contributed by atoms with Crippen LogP contribution in [-0.4, -0.2) is 42.5 Å². The molecule has 0 atom stereocenters. The molecule has 6 aromatic rings. The molecule has 1 N–H and O–H groups in total. The second-order valence-corrected chi connectivity index (χ2v) is 9.58. The van der Waals surface area contributed by atoms with Gasteiger partial charge in [-0.25, -0.2) is 9.82 Å². The Balaban J connectivity index is 1.15. The van der Waals surface area contributed by atoms with Crippen molar-refractivity contribution in [3.63, 3.8) is 0 Å². The van der Waals surface area contributed by atoms with E-state index in [0.717, 1.165) is 16.6 Å². The number of halogens is 1. The van der Waals surface area contributed by atoms with Gasteiger partial charge in [-0.05, 0) is 71.8 Å². The number of aromatic nitrogens is 5. The van der Waals surface area contributed by atoms with Gasteiger partial charge in [0.15, 0.2) is 0 Å². The van der Waals surface area contributed by atoms with E-state index in [1.807, 2.05) is 67.6 Å². The maximum atomic E-state index is 13.4.